The predicted octanol–water partition coefficient (Wildman–Crippen LogP) is 3.66. The lowest BCUT2D eigenvalue weighted by molar-refractivity contribution is 0.102. The molecule has 0 saturated carbocycles. The van der Waals surface area contributed by atoms with Crippen LogP contribution in [0.4, 0.5) is 20.3 Å². The molecule has 0 spiro atoms. The van der Waals surface area contributed by atoms with E-state index in [1.54, 1.807) is 24.3 Å². The van der Waals surface area contributed by atoms with Crippen LogP contribution in [0.2, 0.25) is 0 Å². The van der Waals surface area contributed by atoms with E-state index >= 15 is 0 Å². The summed E-state index contributed by atoms with van der Waals surface area (Å²) in [6, 6.07) is 12.1. The highest BCUT2D eigenvalue weighted by Gasteiger charge is 2.09. The van der Waals surface area contributed by atoms with Gasteiger partial charge in [-0.15, -0.1) is 0 Å². The van der Waals surface area contributed by atoms with Crippen LogP contribution in [0.3, 0.4) is 0 Å². The SMILES string of the molecule is O=C(Nc1cccc(F)c1)c1cnc(NCCc2ccccc2F)cn1. The predicted molar refractivity (Wildman–Crippen MR) is 95.0 cm³/mol. The lowest BCUT2D eigenvalue weighted by Gasteiger charge is -2.07. The third-order valence-corrected chi connectivity index (χ3v) is 3.63. The van der Waals surface area contributed by atoms with Crippen LogP contribution in [0.25, 0.3) is 0 Å². The van der Waals surface area contributed by atoms with Gasteiger partial charge in [-0.3, -0.25) is 4.79 Å². The van der Waals surface area contributed by atoms with Crippen LogP contribution in [-0.2, 0) is 6.42 Å². The van der Waals surface area contributed by atoms with Crippen molar-refractivity contribution in [1.82, 2.24) is 9.97 Å². The number of nitrogens with zero attached hydrogens (tertiary/aromatic N) is 2. The molecule has 1 heterocycles. The zero-order chi connectivity index (χ0) is 18.4. The molecule has 7 heteroatoms. The molecule has 1 aromatic heterocycles. The minimum Gasteiger partial charge on any atom is -0.368 e. The van der Waals surface area contributed by atoms with E-state index in [0.717, 1.165) is 0 Å². The van der Waals surface area contributed by atoms with Crippen LogP contribution in [0.1, 0.15) is 16.1 Å². The molecule has 3 aromatic rings. The zero-order valence-electron chi connectivity index (χ0n) is 13.7. The van der Waals surface area contributed by atoms with E-state index in [4.69, 9.17) is 0 Å². The first-order chi connectivity index (χ1) is 12.6. The van der Waals surface area contributed by atoms with Gasteiger partial charge >= 0.3 is 0 Å². The summed E-state index contributed by atoms with van der Waals surface area (Å²) in [5.74, 6) is -0.697. The van der Waals surface area contributed by atoms with Crippen LogP contribution in [0.15, 0.2) is 60.9 Å². The number of amides is 1. The monoisotopic (exact) mass is 354 g/mol. The fraction of sp³-hybridized carbons (Fsp3) is 0.105. The van der Waals surface area contributed by atoms with Crippen molar-refractivity contribution in [3.05, 3.63) is 83.8 Å². The normalized spacial score (nSPS) is 10.4. The number of rotatable bonds is 6. The Morgan fingerprint density at radius 3 is 2.58 bits per heavy atom. The van der Waals surface area contributed by atoms with Crippen molar-refractivity contribution >= 4 is 17.4 Å². The van der Waals surface area contributed by atoms with Gasteiger partial charge < -0.3 is 10.6 Å². The van der Waals surface area contributed by atoms with Gasteiger partial charge in [0.15, 0.2) is 0 Å². The van der Waals surface area contributed by atoms with Gasteiger partial charge in [0, 0.05) is 12.2 Å². The second kappa shape index (κ2) is 8.15. The van der Waals surface area contributed by atoms with Crippen molar-refractivity contribution in [1.29, 1.82) is 0 Å². The van der Waals surface area contributed by atoms with Gasteiger partial charge in [-0.25, -0.2) is 18.7 Å². The van der Waals surface area contributed by atoms with Crippen LogP contribution < -0.4 is 10.6 Å². The maximum Gasteiger partial charge on any atom is 0.275 e. The largest absolute Gasteiger partial charge is 0.368 e. The van der Waals surface area contributed by atoms with Gasteiger partial charge in [0.1, 0.15) is 23.1 Å². The van der Waals surface area contributed by atoms with E-state index in [2.05, 4.69) is 20.6 Å². The molecule has 0 aliphatic rings. The molecule has 132 valence electrons. The number of carbonyl (C=O) groups excluding carboxylic acids is 1. The first-order valence-corrected chi connectivity index (χ1v) is 7.98. The van der Waals surface area contributed by atoms with E-state index in [1.807, 2.05) is 0 Å². The van der Waals surface area contributed by atoms with Gasteiger partial charge in [0.2, 0.25) is 0 Å². The average molecular weight is 354 g/mol. The summed E-state index contributed by atoms with van der Waals surface area (Å²) < 4.78 is 26.7. The molecule has 0 aliphatic heterocycles. The third kappa shape index (κ3) is 4.60. The minimum atomic E-state index is -0.485. The Bertz CT molecular complexity index is 900. The van der Waals surface area contributed by atoms with E-state index in [9.17, 15) is 13.6 Å². The number of hydrogen-bond acceptors (Lipinski definition) is 4. The van der Waals surface area contributed by atoms with Crippen LogP contribution in [0.5, 0.6) is 0 Å². The molecule has 1 amide bonds. The smallest absolute Gasteiger partial charge is 0.275 e. The topological polar surface area (TPSA) is 66.9 Å². The summed E-state index contributed by atoms with van der Waals surface area (Å²) in [4.78, 5) is 20.2. The molecule has 0 atom stereocenters. The molecule has 0 unspecified atom stereocenters. The summed E-state index contributed by atoms with van der Waals surface area (Å²) in [6.45, 7) is 0.477. The standard InChI is InChI=1S/C19H16F2N4O/c20-14-5-3-6-15(10-14)25-19(26)17-11-24-18(12-23-17)22-9-8-13-4-1-2-7-16(13)21/h1-7,10-12H,8-9H2,(H,22,24)(H,25,26). The summed E-state index contributed by atoms with van der Waals surface area (Å²) in [5, 5.41) is 5.57. The van der Waals surface area contributed by atoms with Crippen LogP contribution in [0, 0.1) is 11.6 Å². The van der Waals surface area contributed by atoms with Crippen molar-refractivity contribution in [2.75, 3.05) is 17.2 Å². The Morgan fingerprint density at radius 2 is 1.85 bits per heavy atom. The molecule has 0 saturated heterocycles. The van der Waals surface area contributed by atoms with Gasteiger partial charge in [0.25, 0.3) is 5.91 Å². The lowest BCUT2D eigenvalue weighted by atomic mass is 10.1. The number of aromatic nitrogens is 2. The van der Waals surface area contributed by atoms with Gasteiger partial charge in [-0.2, -0.15) is 0 Å². The molecule has 0 bridgehead atoms. The van der Waals surface area contributed by atoms with Gasteiger partial charge in [-0.05, 0) is 36.2 Å². The molecule has 5 nitrogen and oxygen atoms in total. The molecule has 0 aliphatic carbocycles. The van der Waals surface area contributed by atoms with Crippen molar-refractivity contribution < 1.29 is 13.6 Å². The number of anilines is 2. The van der Waals surface area contributed by atoms with E-state index in [-0.39, 0.29) is 11.5 Å². The Balaban J connectivity index is 1.54. The molecule has 3 rings (SSSR count). The Morgan fingerprint density at radius 1 is 1.00 bits per heavy atom. The number of halogens is 2. The first-order valence-electron chi connectivity index (χ1n) is 7.98. The molecule has 0 radical (unpaired) electrons. The average Bonchev–Trinajstić information content (AvgIpc) is 2.64. The van der Waals surface area contributed by atoms with Crippen LogP contribution in [-0.4, -0.2) is 22.4 Å². The highest BCUT2D eigenvalue weighted by molar-refractivity contribution is 6.02. The van der Waals surface area contributed by atoms with Gasteiger partial charge in [-0.1, -0.05) is 24.3 Å². The Kier molecular flexibility index (Phi) is 5.48. The number of benzene rings is 2. The minimum absolute atomic E-state index is 0.105. The second-order valence-corrected chi connectivity index (χ2v) is 5.52. The van der Waals surface area contributed by atoms with Crippen molar-refractivity contribution in [3.63, 3.8) is 0 Å². The highest BCUT2D eigenvalue weighted by atomic mass is 19.1. The summed E-state index contributed by atoms with van der Waals surface area (Å²) >= 11 is 0. The summed E-state index contributed by atoms with van der Waals surface area (Å²) in [7, 11) is 0. The fourth-order valence-corrected chi connectivity index (χ4v) is 2.32. The molecule has 0 fully saturated rings. The van der Waals surface area contributed by atoms with E-state index in [1.165, 1.54) is 36.7 Å². The maximum absolute atomic E-state index is 13.5. The Hall–Kier alpha value is -3.35. The fourth-order valence-electron chi connectivity index (χ4n) is 2.32. The molecular formula is C19H16F2N4O. The van der Waals surface area contributed by atoms with E-state index < -0.39 is 11.7 Å². The summed E-state index contributed by atoms with van der Waals surface area (Å²) in [5.41, 5.74) is 1.05. The highest BCUT2D eigenvalue weighted by Crippen LogP contribution is 2.11. The maximum atomic E-state index is 13.5. The van der Waals surface area contributed by atoms with Gasteiger partial charge in [0.05, 0.1) is 12.4 Å². The number of nitrogens with one attached hydrogen (secondary N) is 2. The zero-order valence-corrected chi connectivity index (χ0v) is 13.7. The molecule has 26 heavy (non-hydrogen) atoms. The quantitative estimate of drug-likeness (QED) is 0.709. The third-order valence-electron chi connectivity index (χ3n) is 3.63. The molecular weight excluding hydrogens is 338 g/mol. The lowest BCUT2D eigenvalue weighted by Crippen LogP contribution is -2.15. The molecule has 2 aromatic carbocycles. The summed E-state index contributed by atoms with van der Waals surface area (Å²) in [6.07, 6.45) is 3.23. The Labute approximate surface area is 149 Å². The first kappa shape index (κ1) is 17.5. The van der Waals surface area contributed by atoms with Crippen molar-refractivity contribution in [2.45, 2.75) is 6.42 Å². The second-order valence-electron chi connectivity index (χ2n) is 5.52. The van der Waals surface area contributed by atoms with Crippen molar-refractivity contribution in [3.8, 4) is 0 Å². The number of carbonyl (C=O) groups is 1. The van der Waals surface area contributed by atoms with E-state index in [0.29, 0.717) is 30.0 Å². The van der Waals surface area contributed by atoms with Crippen LogP contribution >= 0.6 is 0 Å². The molecule has 2 N–H and O–H groups in total. The van der Waals surface area contributed by atoms with Crippen molar-refractivity contribution in [2.24, 2.45) is 0 Å². The number of hydrogen-bond donors (Lipinski definition) is 2.